The van der Waals surface area contributed by atoms with Gasteiger partial charge in [0.05, 0.1) is 22.4 Å². The zero-order valence-electron chi connectivity index (χ0n) is 12.8. The van der Waals surface area contributed by atoms with Crippen molar-refractivity contribution in [3.05, 3.63) is 63.7 Å². The maximum atomic E-state index is 13.2. The van der Waals surface area contributed by atoms with Crippen LogP contribution in [0.5, 0.6) is 0 Å². The van der Waals surface area contributed by atoms with Crippen LogP contribution in [0.3, 0.4) is 0 Å². The highest BCUT2D eigenvalue weighted by molar-refractivity contribution is 8.00. The SMILES string of the molecule is Cc1nn(-c2ccc(F)cc2)c2c1[C@H](c1ccsc1)SCC(=O)N2. The number of rotatable bonds is 2. The fourth-order valence-electron chi connectivity index (χ4n) is 2.84. The molecule has 1 atom stereocenters. The molecule has 0 spiro atoms. The minimum absolute atomic E-state index is 0.0535. The summed E-state index contributed by atoms with van der Waals surface area (Å²) in [6.45, 7) is 1.94. The van der Waals surface area contributed by atoms with E-state index in [0.29, 0.717) is 11.6 Å². The summed E-state index contributed by atoms with van der Waals surface area (Å²) in [6, 6.07) is 8.18. The molecule has 0 fully saturated rings. The molecule has 2 aromatic heterocycles. The van der Waals surface area contributed by atoms with Gasteiger partial charge in [0, 0.05) is 5.56 Å². The van der Waals surface area contributed by atoms with Gasteiger partial charge < -0.3 is 5.32 Å². The van der Waals surface area contributed by atoms with E-state index in [1.807, 2.05) is 12.3 Å². The molecular formula is C17H14FN3OS2. The molecular weight excluding hydrogens is 345 g/mol. The van der Waals surface area contributed by atoms with Gasteiger partial charge in [-0.3, -0.25) is 4.79 Å². The summed E-state index contributed by atoms with van der Waals surface area (Å²) in [5, 5.41) is 11.8. The topological polar surface area (TPSA) is 46.9 Å². The molecule has 1 aliphatic rings. The number of hydrogen-bond donors (Lipinski definition) is 1. The van der Waals surface area contributed by atoms with Crippen LogP contribution < -0.4 is 5.32 Å². The molecule has 1 N–H and O–H groups in total. The first-order valence-electron chi connectivity index (χ1n) is 7.42. The molecule has 4 rings (SSSR count). The highest BCUT2D eigenvalue weighted by Gasteiger charge is 2.30. The molecule has 0 saturated carbocycles. The average Bonchev–Trinajstić information content (AvgIpc) is 3.15. The zero-order chi connectivity index (χ0) is 16.7. The number of benzene rings is 1. The molecule has 122 valence electrons. The molecule has 0 unspecified atom stereocenters. The number of carbonyl (C=O) groups is 1. The van der Waals surface area contributed by atoms with Crippen molar-refractivity contribution in [3.63, 3.8) is 0 Å². The Morgan fingerprint density at radius 1 is 1.29 bits per heavy atom. The lowest BCUT2D eigenvalue weighted by Gasteiger charge is -2.13. The van der Waals surface area contributed by atoms with Gasteiger partial charge >= 0.3 is 0 Å². The molecule has 1 amide bonds. The van der Waals surface area contributed by atoms with Crippen LogP contribution in [-0.4, -0.2) is 21.4 Å². The Bertz CT molecular complexity index is 887. The van der Waals surface area contributed by atoms with E-state index < -0.39 is 0 Å². The smallest absolute Gasteiger partial charge is 0.235 e. The van der Waals surface area contributed by atoms with Crippen LogP contribution in [0.15, 0.2) is 41.1 Å². The third-order valence-electron chi connectivity index (χ3n) is 3.92. The summed E-state index contributed by atoms with van der Waals surface area (Å²) >= 11 is 3.24. The highest BCUT2D eigenvalue weighted by atomic mass is 32.2. The number of aromatic nitrogens is 2. The molecule has 1 aliphatic heterocycles. The quantitative estimate of drug-likeness (QED) is 0.747. The molecule has 1 aromatic carbocycles. The third-order valence-corrected chi connectivity index (χ3v) is 5.90. The molecule has 0 saturated heterocycles. The number of fused-ring (bicyclic) bond motifs is 1. The van der Waals surface area contributed by atoms with Crippen molar-refractivity contribution in [2.24, 2.45) is 0 Å². The van der Waals surface area contributed by atoms with E-state index in [4.69, 9.17) is 0 Å². The van der Waals surface area contributed by atoms with E-state index in [1.54, 1.807) is 39.9 Å². The number of thioether (sulfide) groups is 1. The van der Waals surface area contributed by atoms with Crippen LogP contribution in [0.2, 0.25) is 0 Å². The van der Waals surface area contributed by atoms with E-state index in [-0.39, 0.29) is 17.0 Å². The van der Waals surface area contributed by atoms with Crippen LogP contribution in [0, 0.1) is 12.7 Å². The predicted molar refractivity (Wildman–Crippen MR) is 95.5 cm³/mol. The van der Waals surface area contributed by atoms with E-state index in [0.717, 1.165) is 16.9 Å². The fraction of sp³-hybridized carbons (Fsp3) is 0.176. The summed E-state index contributed by atoms with van der Waals surface area (Å²) in [5.41, 5.74) is 3.76. The highest BCUT2D eigenvalue weighted by Crippen LogP contribution is 2.44. The van der Waals surface area contributed by atoms with Crippen LogP contribution >= 0.6 is 23.1 Å². The lowest BCUT2D eigenvalue weighted by atomic mass is 10.1. The first kappa shape index (κ1) is 15.4. The molecule has 3 aromatic rings. The molecule has 4 nitrogen and oxygen atoms in total. The van der Waals surface area contributed by atoms with Gasteiger partial charge in [-0.05, 0) is 53.6 Å². The van der Waals surface area contributed by atoms with Crippen molar-refractivity contribution in [2.45, 2.75) is 12.2 Å². The molecule has 3 heterocycles. The van der Waals surface area contributed by atoms with E-state index in [9.17, 15) is 9.18 Å². The molecule has 24 heavy (non-hydrogen) atoms. The van der Waals surface area contributed by atoms with Crippen LogP contribution in [0.1, 0.15) is 22.1 Å². The normalized spacial score (nSPS) is 17.2. The van der Waals surface area contributed by atoms with Gasteiger partial charge in [0.15, 0.2) is 0 Å². The lowest BCUT2D eigenvalue weighted by molar-refractivity contribution is -0.113. The maximum Gasteiger partial charge on any atom is 0.235 e. The number of nitrogens with one attached hydrogen (secondary N) is 1. The van der Waals surface area contributed by atoms with Gasteiger partial charge in [0.2, 0.25) is 5.91 Å². The average molecular weight is 359 g/mol. The van der Waals surface area contributed by atoms with Crippen LogP contribution in [0.4, 0.5) is 10.2 Å². The fourth-order valence-corrected chi connectivity index (χ4v) is 4.79. The van der Waals surface area contributed by atoms with Gasteiger partial charge in [-0.1, -0.05) is 0 Å². The second-order valence-electron chi connectivity index (χ2n) is 5.53. The third kappa shape index (κ3) is 2.63. The number of thiophene rings is 1. The maximum absolute atomic E-state index is 13.2. The van der Waals surface area contributed by atoms with Gasteiger partial charge in [0.1, 0.15) is 11.6 Å². The van der Waals surface area contributed by atoms with Crippen LogP contribution in [0.25, 0.3) is 5.69 Å². The van der Waals surface area contributed by atoms with Gasteiger partial charge in [-0.2, -0.15) is 16.4 Å². The Morgan fingerprint density at radius 3 is 2.79 bits per heavy atom. The number of carbonyl (C=O) groups excluding carboxylic acids is 1. The Balaban J connectivity index is 1.89. The Labute approximate surface area is 146 Å². The molecule has 7 heteroatoms. The van der Waals surface area contributed by atoms with Crippen molar-refractivity contribution in [1.82, 2.24) is 9.78 Å². The van der Waals surface area contributed by atoms with Gasteiger partial charge in [-0.15, -0.1) is 11.8 Å². The van der Waals surface area contributed by atoms with E-state index in [1.165, 1.54) is 17.7 Å². The summed E-state index contributed by atoms with van der Waals surface area (Å²) < 4.78 is 14.9. The lowest BCUT2D eigenvalue weighted by Crippen LogP contribution is -2.15. The number of nitrogens with zero attached hydrogens (tertiary/aromatic N) is 2. The number of amides is 1. The van der Waals surface area contributed by atoms with Crippen molar-refractivity contribution in [2.75, 3.05) is 11.1 Å². The first-order chi connectivity index (χ1) is 11.6. The Hall–Kier alpha value is -2.12. The number of hydrogen-bond acceptors (Lipinski definition) is 4. The van der Waals surface area contributed by atoms with Crippen LogP contribution in [-0.2, 0) is 4.79 Å². The minimum atomic E-state index is -0.301. The summed E-state index contributed by atoms with van der Waals surface area (Å²) in [4.78, 5) is 12.2. The molecule has 0 bridgehead atoms. The number of aryl methyl sites for hydroxylation is 1. The standard InChI is InChI=1S/C17H14FN3OS2/c1-10-15-16(11-6-7-23-8-11)24-9-14(22)19-17(15)21(20-10)13-4-2-12(18)3-5-13/h2-8,16H,9H2,1H3,(H,19,22)/t16-/m0/s1. The Kier molecular flexibility index (Phi) is 3.90. The second-order valence-corrected chi connectivity index (χ2v) is 7.41. The van der Waals surface area contributed by atoms with Gasteiger partial charge in [0.25, 0.3) is 0 Å². The number of anilines is 1. The Morgan fingerprint density at radius 2 is 2.08 bits per heavy atom. The zero-order valence-corrected chi connectivity index (χ0v) is 14.5. The molecule has 0 aliphatic carbocycles. The van der Waals surface area contributed by atoms with E-state index >= 15 is 0 Å². The van der Waals surface area contributed by atoms with Crippen molar-refractivity contribution in [1.29, 1.82) is 0 Å². The monoisotopic (exact) mass is 359 g/mol. The number of halogens is 1. The van der Waals surface area contributed by atoms with Gasteiger partial charge in [-0.25, -0.2) is 9.07 Å². The van der Waals surface area contributed by atoms with Crippen molar-refractivity contribution >= 4 is 34.8 Å². The summed E-state index contributed by atoms with van der Waals surface area (Å²) in [7, 11) is 0. The largest absolute Gasteiger partial charge is 0.310 e. The summed E-state index contributed by atoms with van der Waals surface area (Å²) in [5.74, 6) is 0.704. The minimum Gasteiger partial charge on any atom is -0.310 e. The van der Waals surface area contributed by atoms with E-state index in [2.05, 4.69) is 21.9 Å². The van der Waals surface area contributed by atoms with Crippen molar-refractivity contribution < 1.29 is 9.18 Å². The molecule has 0 radical (unpaired) electrons. The van der Waals surface area contributed by atoms with Crippen molar-refractivity contribution in [3.8, 4) is 5.69 Å². The second kappa shape index (κ2) is 6.07. The summed E-state index contributed by atoms with van der Waals surface area (Å²) in [6.07, 6.45) is 0. The predicted octanol–water partition coefficient (Wildman–Crippen LogP) is 4.16. The first-order valence-corrected chi connectivity index (χ1v) is 9.41.